The summed E-state index contributed by atoms with van der Waals surface area (Å²) in [6.45, 7) is 3.95. The summed E-state index contributed by atoms with van der Waals surface area (Å²) in [5.74, 6) is 0.978. The molecule has 0 radical (unpaired) electrons. The van der Waals surface area contributed by atoms with E-state index in [9.17, 15) is 4.79 Å². The van der Waals surface area contributed by atoms with Crippen molar-refractivity contribution in [2.24, 2.45) is 23.7 Å². The Balaban J connectivity index is 2.24. The number of methoxy groups -OCH3 is 1. The van der Waals surface area contributed by atoms with Crippen molar-refractivity contribution in [1.29, 1.82) is 0 Å². The van der Waals surface area contributed by atoms with Gasteiger partial charge in [-0.05, 0) is 37.3 Å². The van der Waals surface area contributed by atoms with Crippen LogP contribution in [-0.2, 0) is 9.53 Å². The van der Waals surface area contributed by atoms with Crippen molar-refractivity contribution in [3.8, 4) is 0 Å². The molecular weight excluding hydrogens is 228 g/mol. The van der Waals surface area contributed by atoms with E-state index in [1.807, 2.05) is 6.08 Å². The van der Waals surface area contributed by atoms with Gasteiger partial charge in [-0.25, -0.2) is 0 Å². The molecule has 2 rings (SSSR count). The third-order valence-electron chi connectivity index (χ3n) is 4.07. The molecule has 0 saturated heterocycles. The van der Waals surface area contributed by atoms with E-state index in [2.05, 4.69) is 25.2 Å². The highest BCUT2D eigenvalue weighted by Gasteiger charge is 2.32. The fourth-order valence-electron chi connectivity index (χ4n) is 2.84. The molecule has 0 aromatic heterocycles. The summed E-state index contributed by atoms with van der Waals surface area (Å²) >= 11 is 0. The van der Waals surface area contributed by atoms with Crippen LogP contribution in [0.25, 0.3) is 0 Å². The van der Waals surface area contributed by atoms with E-state index >= 15 is 0 Å². The van der Waals surface area contributed by atoms with Crippen molar-refractivity contribution in [2.45, 2.75) is 20.3 Å². The quantitative estimate of drug-likeness (QED) is 0.781. The lowest BCUT2D eigenvalue weighted by Crippen LogP contribution is -2.28. The predicted molar refractivity (Wildman–Crippen MR) is 69.9 cm³/mol. The molecule has 2 aliphatic rings. The Labute approximate surface area is 108 Å². The summed E-state index contributed by atoms with van der Waals surface area (Å²) in [7, 11) is 1.68. The van der Waals surface area contributed by atoms with E-state index < -0.39 is 5.97 Å². The van der Waals surface area contributed by atoms with Crippen molar-refractivity contribution < 1.29 is 14.6 Å². The summed E-state index contributed by atoms with van der Waals surface area (Å²) in [6, 6.07) is 0. The van der Waals surface area contributed by atoms with Gasteiger partial charge in [-0.2, -0.15) is 0 Å². The molecule has 18 heavy (non-hydrogen) atoms. The van der Waals surface area contributed by atoms with Crippen LogP contribution < -0.4 is 0 Å². The molecule has 0 saturated carbocycles. The van der Waals surface area contributed by atoms with Gasteiger partial charge in [0.25, 0.3) is 0 Å². The lowest BCUT2D eigenvalue weighted by molar-refractivity contribution is -0.140. The second kappa shape index (κ2) is 5.01. The van der Waals surface area contributed by atoms with Crippen LogP contribution in [0.4, 0.5) is 0 Å². The van der Waals surface area contributed by atoms with Gasteiger partial charge in [0.05, 0.1) is 13.0 Å². The summed E-state index contributed by atoms with van der Waals surface area (Å²) in [6.07, 6.45) is 9.24. The maximum atomic E-state index is 11.1. The first-order chi connectivity index (χ1) is 8.52. The lowest BCUT2D eigenvalue weighted by atomic mass is 9.70. The van der Waals surface area contributed by atoms with Gasteiger partial charge in [0.1, 0.15) is 5.76 Å². The molecule has 0 bridgehead atoms. The molecule has 1 N–H and O–H groups in total. The Kier molecular flexibility index (Phi) is 3.60. The Bertz CT molecular complexity index is 431. The van der Waals surface area contributed by atoms with Crippen molar-refractivity contribution in [3.63, 3.8) is 0 Å². The van der Waals surface area contributed by atoms with Gasteiger partial charge >= 0.3 is 5.97 Å². The Hall–Kier alpha value is -1.51. The Morgan fingerprint density at radius 1 is 1.50 bits per heavy atom. The number of hydrogen-bond donors (Lipinski definition) is 1. The van der Waals surface area contributed by atoms with E-state index in [1.54, 1.807) is 14.0 Å². The molecule has 0 aliphatic heterocycles. The smallest absolute Gasteiger partial charge is 0.310 e. The van der Waals surface area contributed by atoms with Gasteiger partial charge in [-0.15, -0.1) is 0 Å². The average Bonchev–Trinajstić information content (AvgIpc) is 2.37. The highest BCUT2D eigenvalue weighted by atomic mass is 16.5. The van der Waals surface area contributed by atoms with Crippen LogP contribution >= 0.6 is 0 Å². The standard InChI is InChI=1S/C15H20O3/c1-9-6-12(10(2)15(16)17)7-11-4-5-13(18-3)8-14(9)11/h4-5,7-11,14H,6H2,1-3H3,(H,16,17). The summed E-state index contributed by atoms with van der Waals surface area (Å²) in [4.78, 5) is 11.1. The molecule has 0 fully saturated rings. The summed E-state index contributed by atoms with van der Waals surface area (Å²) < 4.78 is 5.26. The van der Waals surface area contributed by atoms with Gasteiger partial charge in [0.2, 0.25) is 0 Å². The minimum absolute atomic E-state index is 0.310. The third-order valence-corrected chi connectivity index (χ3v) is 4.07. The monoisotopic (exact) mass is 248 g/mol. The molecule has 4 atom stereocenters. The molecule has 3 heteroatoms. The molecule has 2 aliphatic carbocycles. The van der Waals surface area contributed by atoms with Crippen LogP contribution in [-0.4, -0.2) is 18.2 Å². The average molecular weight is 248 g/mol. The first-order valence-corrected chi connectivity index (χ1v) is 6.40. The zero-order chi connectivity index (χ0) is 13.3. The Morgan fingerprint density at radius 3 is 2.83 bits per heavy atom. The van der Waals surface area contributed by atoms with E-state index in [4.69, 9.17) is 9.84 Å². The summed E-state index contributed by atoms with van der Waals surface area (Å²) in [5.41, 5.74) is 1.05. The number of carboxylic acid groups (broad SMARTS) is 1. The summed E-state index contributed by atoms with van der Waals surface area (Å²) in [5, 5.41) is 9.11. The van der Waals surface area contributed by atoms with Crippen molar-refractivity contribution >= 4 is 5.97 Å². The van der Waals surface area contributed by atoms with Gasteiger partial charge in [0.15, 0.2) is 0 Å². The van der Waals surface area contributed by atoms with Crippen molar-refractivity contribution in [3.05, 3.63) is 35.6 Å². The van der Waals surface area contributed by atoms with Crippen LogP contribution in [0.15, 0.2) is 35.6 Å². The molecule has 0 heterocycles. The second-order valence-corrected chi connectivity index (χ2v) is 5.27. The maximum absolute atomic E-state index is 11.1. The molecule has 0 spiro atoms. The number of carbonyl (C=O) groups is 1. The van der Waals surface area contributed by atoms with Gasteiger partial charge in [-0.3, -0.25) is 4.79 Å². The van der Waals surface area contributed by atoms with Crippen molar-refractivity contribution in [1.82, 2.24) is 0 Å². The maximum Gasteiger partial charge on any atom is 0.310 e. The van der Waals surface area contributed by atoms with E-state index in [0.29, 0.717) is 17.8 Å². The molecule has 0 aromatic carbocycles. The molecule has 0 aromatic rings. The molecule has 98 valence electrons. The highest BCUT2D eigenvalue weighted by Crippen LogP contribution is 2.40. The number of fused-ring (bicyclic) bond motifs is 1. The molecule has 0 amide bonds. The molecule has 4 unspecified atom stereocenters. The number of carboxylic acids is 1. The number of rotatable bonds is 3. The van der Waals surface area contributed by atoms with Crippen LogP contribution in [0, 0.1) is 23.7 Å². The first-order valence-electron chi connectivity index (χ1n) is 6.40. The second-order valence-electron chi connectivity index (χ2n) is 5.27. The van der Waals surface area contributed by atoms with Crippen LogP contribution in [0.1, 0.15) is 20.3 Å². The topological polar surface area (TPSA) is 46.5 Å². The van der Waals surface area contributed by atoms with E-state index in [0.717, 1.165) is 17.8 Å². The van der Waals surface area contributed by atoms with Crippen LogP contribution in [0.2, 0.25) is 0 Å². The van der Waals surface area contributed by atoms with Gasteiger partial charge in [0, 0.05) is 5.92 Å². The number of ether oxygens (including phenoxy) is 1. The van der Waals surface area contributed by atoms with Crippen molar-refractivity contribution in [2.75, 3.05) is 7.11 Å². The normalized spacial score (nSPS) is 32.1. The zero-order valence-corrected chi connectivity index (χ0v) is 11.1. The minimum atomic E-state index is -0.736. The zero-order valence-electron chi connectivity index (χ0n) is 11.1. The largest absolute Gasteiger partial charge is 0.497 e. The predicted octanol–water partition coefficient (Wildman–Crippen LogP) is 3.01. The molecular formula is C15H20O3. The first kappa shape index (κ1) is 12.9. The third kappa shape index (κ3) is 2.35. The minimum Gasteiger partial charge on any atom is -0.497 e. The highest BCUT2D eigenvalue weighted by molar-refractivity contribution is 5.73. The van der Waals surface area contributed by atoms with Gasteiger partial charge in [-0.1, -0.05) is 24.6 Å². The van der Waals surface area contributed by atoms with E-state index in [1.165, 1.54) is 0 Å². The van der Waals surface area contributed by atoms with Gasteiger partial charge < -0.3 is 9.84 Å². The number of aliphatic carboxylic acids is 1. The fraction of sp³-hybridized carbons (Fsp3) is 0.533. The SMILES string of the molecule is COC1=CC2C(C=C1)C=C(C(C)C(=O)O)CC2C. The number of hydrogen-bond acceptors (Lipinski definition) is 2. The lowest BCUT2D eigenvalue weighted by Gasteiger charge is -2.35. The van der Waals surface area contributed by atoms with Crippen LogP contribution in [0.3, 0.4) is 0 Å². The van der Waals surface area contributed by atoms with Crippen LogP contribution in [0.5, 0.6) is 0 Å². The van der Waals surface area contributed by atoms with E-state index in [-0.39, 0.29) is 5.92 Å². The number of allylic oxidation sites excluding steroid dienone is 4. The fourth-order valence-corrected chi connectivity index (χ4v) is 2.84. The molecule has 3 nitrogen and oxygen atoms in total. The Morgan fingerprint density at radius 2 is 2.22 bits per heavy atom.